The van der Waals surface area contributed by atoms with Gasteiger partial charge in [0.05, 0.1) is 11.0 Å². The minimum atomic E-state index is 0.607. The molecule has 102 valence electrons. The van der Waals surface area contributed by atoms with E-state index in [-0.39, 0.29) is 0 Å². The number of benzene rings is 1. The third kappa shape index (κ3) is 2.59. The summed E-state index contributed by atoms with van der Waals surface area (Å²) in [5.41, 5.74) is 4.51. The smallest absolute Gasteiger partial charge is 0.172 e. The largest absolute Gasteiger partial charge is 0.333 e. The molecule has 0 atom stereocenters. The summed E-state index contributed by atoms with van der Waals surface area (Å²) in [5, 5.41) is 1.61. The van der Waals surface area contributed by atoms with Crippen molar-refractivity contribution in [1.82, 2.24) is 19.9 Å². The lowest BCUT2D eigenvalue weighted by molar-refractivity contribution is 0.886. The van der Waals surface area contributed by atoms with E-state index in [0.717, 1.165) is 33.5 Å². The molecule has 2 aromatic heterocycles. The lowest BCUT2D eigenvalue weighted by Gasteiger charge is -2.04. The Kier molecular flexibility index (Phi) is 3.53. The molecule has 0 saturated heterocycles. The number of hydrogen-bond donors (Lipinski definition) is 3. The van der Waals surface area contributed by atoms with Gasteiger partial charge in [0.15, 0.2) is 5.16 Å². The standard InChI is InChI=1S/C13H14N6S/c1-2-10-17-11(19-14)7-12(18-10)20-13-15-8-5-3-4-6-9(8)16-13/h3-7H,2,14H2,1H3,(H,15,16)(H,17,18,19). The quantitative estimate of drug-likeness (QED) is 0.387. The number of rotatable bonds is 4. The van der Waals surface area contributed by atoms with Crippen LogP contribution in [-0.2, 0) is 6.42 Å². The molecular weight excluding hydrogens is 272 g/mol. The molecule has 0 fully saturated rings. The van der Waals surface area contributed by atoms with Crippen LogP contribution < -0.4 is 11.3 Å². The van der Waals surface area contributed by atoms with Gasteiger partial charge in [0.2, 0.25) is 0 Å². The van der Waals surface area contributed by atoms with Crippen LogP contribution in [0.15, 0.2) is 40.5 Å². The maximum atomic E-state index is 5.42. The molecule has 20 heavy (non-hydrogen) atoms. The second-order valence-electron chi connectivity index (χ2n) is 4.17. The number of para-hydroxylation sites is 2. The maximum absolute atomic E-state index is 5.42. The second-order valence-corrected chi connectivity index (χ2v) is 5.18. The summed E-state index contributed by atoms with van der Waals surface area (Å²) in [6.07, 6.45) is 0.753. The molecule has 0 unspecified atom stereocenters. The first-order valence-electron chi connectivity index (χ1n) is 6.25. The molecule has 0 aliphatic rings. The summed E-state index contributed by atoms with van der Waals surface area (Å²) in [7, 11) is 0. The molecule has 2 heterocycles. The Labute approximate surface area is 120 Å². The van der Waals surface area contributed by atoms with Crippen LogP contribution in [-0.4, -0.2) is 19.9 Å². The number of hydrogen-bond acceptors (Lipinski definition) is 6. The Hall–Kier alpha value is -2.12. The van der Waals surface area contributed by atoms with E-state index in [1.54, 1.807) is 6.07 Å². The number of nitrogens with one attached hydrogen (secondary N) is 2. The van der Waals surface area contributed by atoms with Crippen molar-refractivity contribution in [1.29, 1.82) is 0 Å². The molecule has 3 rings (SSSR count). The van der Waals surface area contributed by atoms with Crippen LogP contribution in [0.4, 0.5) is 5.82 Å². The molecular formula is C13H14N6S. The van der Waals surface area contributed by atoms with Crippen molar-refractivity contribution in [2.75, 3.05) is 5.43 Å². The van der Waals surface area contributed by atoms with Crippen LogP contribution >= 0.6 is 11.8 Å². The number of aromatic amines is 1. The zero-order chi connectivity index (χ0) is 13.9. The monoisotopic (exact) mass is 286 g/mol. The van der Waals surface area contributed by atoms with Gasteiger partial charge in [-0.05, 0) is 23.9 Å². The minimum absolute atomic E-state index is 0.607. The normalized spacial score (nSPS) is 10.9. The Morgan fingerprint density at radius 3 is 2.85 bits per heavy atom. The van der Waals surface area contributed by atoms with E-state index in [9.17, 15) is 0 Å². The molecule has 0 bridgehead atoms. The highest BCUT2D eigenvalue weighted by Gasteiger charge is 2.08. The van der Waals surface area contributed by atoms with Crippen molar-refractivity contribution in [3.05, 3.63) is 36.2 Å². The fourth-order valence-electron chi connectivity index (χ4n) is 1.83. The first-order chi connectivity index (χ1) is 9.78. The Morgan fingerprint density at radius 1 is 1.25 bits per heavy atom. The Bertz CT molecular complexity index is 683. The number of aryl methyl sites for hydroxylation is 1. The van der Waals surface area contributed by atoms with Crippen molar-refractivity contribution in [3.8, 4) is 0 Å². The molecule has 0 aliphatic carbocycles. The molecule has 0 spiro atoms. The molecule has 0 amide bonds. The van der Waals surface area contributed by atoms with Gasteiger partial charge in [0.25, 0.3) is 0 Å². The number of hydrazine groups is 1. The summed E-state index contributed by atoms with van der Waals surface area (Å²) in [6.45, 7) is 2.01. The van der Waals surface area contributed by atoms with Crippen LogP contribution in [0.1, 0.15) is 12.7 Å². The summed E-state index contributed by atoms with van der Waals surface area (Å²) < 4.78 is 0. The fourth-order valence-corrected chi connectivity index (χ4v) is 2.66. The topological polar surface area (TPSA) is 92.5 Å². The van der Waals surface area contributed by atoms with Crippen LogP contribution in [0.2, 0.25) is 0 Å². The predicted molar refractivity (Wildman–Crippen MR) is 79.4 cm³/mol. The molecule has 4 N–H and O–H groups in total. The van der Waals surface area contributed by atoms with Crippen molar-refractivity contribution in [3.63, 3.8) is 0 Å². The first kappa shape index (κ1) is 12.9. The van der Waals surface area contributed by atoms with E-state index in [0.29, 0.717) is 5.82 Å². The number of imidazole rings is 1. The van der Waals surface area contributed by atoms with Crippen molar-refractivity contribution in [2.24, 2.45) is 5.84 Å². The zero-order valence-corrected chi connectivity index (χ0v) is 11.7. The van der Waals surface area contributed by atoms with E-state index >= 15 is 0 Å². The number of aromatic nitrogens is 4. The van der Waals surface area contributed by atoms with E-state index in [4.69, 9.17) is 5.84 Å². The van der Waals surface area contributed by atoms with Crippen LogP contribution in [0.5, 0.6) is 0 Å². The van der Waals surface area contributed by atoms with E-state index in [1.807, 2.05) is 31.2 Å². The van der Waals surface area contributed by atoms with Crippen molar-refractivity contribution >= 4 is 28.6 Å². The SMILES string of the molecule is CCc1nc(NN)cc(Sc2nc3ccccc3[nH]2)n1. The van der Waals surface area contributed by atoms with E-state index in [1.165, 1.54) is 11.8 Å². The molecule has 0 radical (unpaired) electrons. The highest BCUT2D eigenvalue weighted by molar-refractivity contribution is 7.99. The van der Waals surface area contributed by atoms with Gasteiger partial charge >= 0.3 is 0 Å². The van der Waals surface area contributed by atoms with Gasteiger partial charge < -0.3 is 10.4 Å². The highest BCUT2D eigenvalue weighted by Crippen LogP contribution is 2.27. The number of nitrogens with zero attached hydrogens (tertiary/aromatic N) is 3. The van der Waals surface area contributed by atoms with Gasteiger partial charge in [-0.3, -0.25) is 0 Å². The summed E-state index contributed by atoms with van der Waals surface area (Å²) in [4.78, 5) is 16.5. The summed E-state index contributed by atoms with van der Waals surface area (Å²) in [6, 6.07) is 9.72. The fraction of sp³-hybridized carbons (Fsp3) is 0.154. The van der Waals surface area contributed by atoms with Crippen molar-refractivity contribution in [2.45, 2.75) is 23.5 Å². The minimum Gasteiger partial charge on any atom is -0.333 e. The summed E-state index contributed by atoms with van der Waals surface area (Å²) in [5.74, 6) is 6.78. The van der Waals surface area contributed by atoms with Crippen molar-refractivity contribution < 1.29 is 0 Å². The average molecular weight is 286 g/mol. The molecule has 3 aromatic rings. The molecule has 1 aromatic carbocycles. The molecule has 7 heteroatoms. The van der Waals surface area contributed by atoms with Gasteiger partial charge in [-0.25, -0.2) is 20.8 Å². The predicted octanol–water partition coefficient (Wildman–Crippen LogP) is 2.35. The van der Waals surface area contributed by atoms with E-state index in [2.05, 4.69) is 25.4 Å². The Morgan fingerprint density at radius 2 is 2.10 bits per heavy atom. The average Bonchev–Trinajstić information content (AvgIpc) is 2.88. The van der Waals surface area contributed by atoms with Gasteiger partial charge in [0, 0.05) is 12.5 Å². The van der Waals surface area contributed by atoms with Crippen LogP contribution in [0, 0.1) is 0 Å². The van der Waals surface area contributed by atoms with Gasteiger partial charge in [0.1, 0.15) is 16.7 Å². The number of nitrogens with two attached hydrogens (primary N) is 1. The number of fused-ring (bicyclic) bond motifs is 1. The van der Waals surface area contributed by atoms with Crippen LogP contribution in [0.3, 0.4) is 0 Å². The third-order valence-corrected chi connectivity index (χ3v) is 3.59. The Balaban J connectivity index is 1.93. The summed E-state index contributed by atoms with van der Waals surface area (Å²) >= 11 is 1.46. The molecule has 0 saturated carbocycles. The van der Waals surface area contributed by atoms with Gasteiger partial charge in [-0.1, -0.05) is 19.1 Å². The highest BCUT2D eigenvalue weighted by atomic mass is 32.2. The van der Waals surface area contributed by atoms with Gasteiger partial charge in [-0.15, -0.1) is 0 Å². The molecule has 0 aliphatic heterocycles. The number of H-pyrrole nitrogens is 1. The lowest BCUT2D eigenvalue weighted by Crippen LogP contribution is -2.10. The molecule has 6 nitrogen and oxygen atoms in total. The third-order valence-electron chi connectivity index (χ3n) is 2.78. The first-order valence-corrected chi connectivity index (χ1v) is 7.07. The van der Waals surface area contributed by atoms with E-state index < -0.39 is 0 Å². The van der Waals surface area contributed by atoms with Gasteiger partial charge in [-0.2, -0.15) is 0 Å². The maximum Gasteiger partial charge on any atom is 0.172 e. The zero-order valence-electron chi connectivity index (χ0n) is 10.9. The number of nitrogen functional groups attached to an aromatic ring is 1. The lowest BCUT2D eigenvalue weighted by atomic mass is 10.3. The van der Waals surface area contributed by atoms with Crippen LogP contribution in [0.25, 0.3) is 11.0 Å². The number of anilines is 1. The second kappa shape index (κ2) is 5.48.